The van der Waals surface area contributed by atoms with Gasteiger partial charge in [0.05, 0.1) is 8.66 Å². The van der Waals surface area contributed by atoms with Gasteiger partial charge in [0.2, 0.25) is 0 Å². The van der Waals surface area contributed by atoms with Gasteiger partial charge in [0.1, 0.15) is 0 Å². The molecule has 2 nitrogen and oxygen atoms in total. The Morgan fingerprint density at radius 3 is 2.67 bits per heavy atom. The van der Waals surface area contributed by atoms with Gasteiger partial charge in [-0.15, -0.1) is 11.3 Å². The van der Waals surface area contributed by atoms with E-state index >= 15 is 0 Å². The van der Waals surface area contributed by atoms with Crippen LogP contribution in [0.4, 0.5) is 0 Å². The highest BCUT2D eigenvalue weighted by Gasteiger charge is 2.16. The highest BCUT2D eigenvalue weighted by molar-refractivity contribution is 14.1. The maximum atomic E-state index is 11.8. The molecule has 0 aromatic carbocycles. The standard InChI is InChI=1S/C10H13BrINOS/c1-6(2)7(5-12)13-10(14)8-3-4-9(11)15-8/h3-4,6-7H,5H2,1-2H3,(H,13,14). The maximum Gasteiger partial charge on any atom is 0.261 e. The minimum absolute atomic E-state index is 0.0288. The second-order valence-electron chi connectivity index (χ2n) is 3.58. The van der Waals surface area contributed by atoms with Crippen molar-refractivity contribution in [2.45, 2.75) is 19.9 Å². The fourth-order valence-corrected chi connectivity index (χ4v) is 3.59. The maximum absolute atomic E-state index is 11.8. The van der Waals surface area contributed by atoms with Crippen LogP contribution in [-0.2, 0) is 0 Å². The van der Waals surface area contributed by atoms with Crippen molar-refractivity contribution in [2.75, 3.05) is 4.43 Å². The summed E-state index contributed by atoms with van der Waals surface area (Å²) in [7, 11) is 0. The molecule has 0 aliphatic rings. The minimum atomic E-state index is 0.0288. The zero-order chi connectivity index (χ0) is 11.4. The van der Waals surface area contributed by atoms with Gasteiger partial charge in [-0.05, 0) is 34.0 Å². The number of hydrogen-bond acceptors (Lipinski definition) is 2. The molecule has 1 rings (SSSR count). The Labute approximate surface area is 116 Å². The molecule has 1 unspecified atom stereocenters. The van der Waals surface area contributed by atoms with Crippen molar-refractivity contribution >= 4 is 55.8 Å². The summed E-state index contributed by atoms with van der Waals surface area (Å²) in [6.07, 6.45) is 0. The molecule has 0 fully saturated rings. The Kier molecular flexibility index (Phi) is 5.56. The fourth-order valence-electron chi connectivity index (χ4n) is 1.06. The van der Waals surface area contributed by atoms with Gasteiger partial charge in [0.25, 0.3) is 5.91 Å². The average Bonchev–Trinajstić information content (AvgIpc) is 2.60. The third-order valence-corrected chi connectivity index (χ3v) is 4.66. The van der Waals surface area contributed by atoms with E-state index < -0.39 is 0 Å². The second kappa shape index (κ2) is 6.20. The highest BCUT2D eigenvalue weighted by atomic mass is 127. The largest absolute Gasteiger partial charge is 0.348 e. The highest BCUT2D eigenvalue weighted by Crippen LogP contribution is 2.22. The molecule has 1 heterocycles. The number of thiophene rings is 1. The third-order valence-electron chi connectivity index (χ3n) is 2.08. The van der Waals surface area contributed by atoms with Crippen LogP contribution in [0.2, 0.25) is 0 Å². The number of amides is 1. The summed E-state index contributed by atoms with van der Waals surface area (Å²) in [5.41, 5.74) is 0. The lowest BCUT2D eigenvalue weighted by atomic mass is 10.1. The molecule has 0 saturated carbocycles. The molecule has 1 atom stereocenters. The Morgan fingerprint density at radius 1 is 1.60 bits per heavy atom. The Bertz CT molecular complexity index is 340. The molecule has 0 bridgehead atoms. The SMILES string of the molecule is CC(C)C(CI)NC(=O)c1ccc(Br)s1. The first-order valence-corrected chi connectivity index (χ1v) is 7.80. The monoisotopic (exact) mass is 401 g/mol. The van der Waals surface area contributed by atoms with Gasteiger partial charge in [0, 0.05) is 10.5 Å². The molecular weight excluding hydrogens is 389 g/mol. The first-order chi connectivity index (χ1) is 7.04. The van der Waals surface area contributed by atoms with Crippen molar-refractivity contribution < 1.29 is 4.79 Å². The molecular formula is C10H13BrINOS. The van der Waals surface area contributed by atoms with E-state index in [4.69, 9.17) is 0 Å². The van der Waals surface area contributed by atoms with Crippen LogP contribution >= 0.6 is 49.9 Å². The van der Waals surface area contributed by atoms with Gasteiger partial charge in [-0.1, -0.05) is 36.4 Å². The Morgan fingerprint density at radius 2 is 2.27 bits per heavy atom. The van der Waals surface area contributed by atoms with Crippen LogP contribution < -0.4 is 5.32 Å². The average molecular weight is 402 g/mol. The number of halogens is 2. The summed E-state index contributed by atoms with van der Waals surface area (Å²) < 4.78 is 1.93. The van der Waals surface area contributed by atoms with E-state index in [0.29, 0.717) is 5.92 Å². The van der Waals surface area contributed by atoms with E-state index in [1.807, 2.05) is 12.1 Å². The number of rotatable bonds is 4. The van der Waals surface area contributed by atoms with E-state index in [0.717, 1.165) is 13.1 Å². The van der Waals surface area contributed by atoms with Crippen molar-refractivity contribution in [3.05, 3.63) is 20.8 Å². The van der Waals surface area contributed by atoms with Gasteiger partial charge in [-0.25, -0.2) is 0 Å². The quantitative estimate of drug-likeness (QED) is 0.604. The first-order valence-electron chi connectivity index (χ1n) is 4.66. The number of carbonyl (C=O) groups excluding carboxylic acids is 1. The molecule has 0 aliphatic carbocycles. The predicted octanol–water partition coefficient (Wildman–Crippen LogP) is 3.70. The summed E-state index contributed by atoms with van der Waals surface area (Å²) in [5, 5.41) is 3.04. The first kappa shape index (κ1) is 13.4. The summed E-state index contributed by atoms with van der Waals surface area (Å²) in [5.74, 6) is 0.496. The van der Waals surface area contributed by atoms with Crippen molar-refractivity contribution in [2.24, 2.45) is 5.92 Å². The molecule has 1 amide bonds. The van der Waals surface area contributed by atoms with Crippen molar-refractivity contribution in [3.63, 3.8) is 0 Å². The van der Waals surface area contributed by atoms with Crippen molar-refractivity contribution in [1.82, 2.24) is 5.32 Å². The van der Waals surface area contributed by atoms with Crippen LogP contribution in [-0.4, -0.2) is 16.4 Å². The predicted molar refractivity (Wildman–Crippen MR) is 77.0 cm³/mol. The summed E-state index contributed by atoms with van der Waals surface area (Å²) in [6, 6.07) is 3.99. The van der Waals surface area contributed by atoms with E-state index in [1.165, 1.54) is 11.3 Å². The van der Waals surface area contributed by atoms with Crippen molar-refractivity contribution in [3.8, 4) is 0 Å². The van der Waals surface area contributed by atoms with E-state index in [2.05, 4.69) is 57.7 Å². The second-order valence-corrected chi connectivity index (χ2v) is 6.93. The van der Waals surface area contributed by atoms with Crippen LogP contribution in [0, 0.1) is 5.92 Å². The minimum Gasteiger partial charge on any atom is -0.348 e. The number of hydrogen-bond donors (Lipinski definition) is 1. The van der Waals surface area contributed by atoms with Crippen molar-refractivity contribution in [1.29, 1.82) is 0 Å². The zero-order valence-corrected chi connectivity index (χ0v) is 13.1. The van der Waals surface area contributed by atoms with Crippen LogP contribution in [0.1, 0.15) is 23.5 Å². The van der Waals surface area contributed by atoms with Gasteiger partial charge < -0.3 is 5.32 Å². The summed E-state index contributed by atoms with van der Waals surface area (Å²) >= 11 is 7.11. The van der Waals surface area contributed by atoms with Gasteiger partial charge in [-0.3, -0.25) is 4.79 Å². The fraction of sp³-hybridized carbons (Fsp3) is 0.500. The lowest BCUT2D eigenvalue weighted by molar-refractivity contribution is 0.0936. The third kappa shape index (κ3) is 4.03. The normalized spacial score (nSPS) is 12.9. The molecule has 0 aliphatic heterocycles. The van der Waals surface area contributed by atoms with Crippen LogP contribution in [0.5, 0.6) is 0 Å². The number of carbonyl (C=O) groups is 1. The topological polar surface area (TPSA) is 29.1 Å². The molecule has 84 valence electrons. The molecule has 5 heteroatoms. The molecule has 1 aromatic rings. The van der Waals surface area contributed by atoms with E-state index in [9.17, 15) is 4.79 Å². The number of alkyl halides is 1. The molecule has 0 radical (unpaired) electrons. The van der Waals surface area contributed by atoms with Crippen LogP contribution in [0.3, 0.4) is 0 Å². The summed E-state index contributed by atoms with van der Waals surface area (Å²) in [6.45, 7) is 4.24. The van der Waals surface area contributed by atoms with E-state index in [1.54, 1.807) is 0 Å². The molecule has 1 N–H and O–H groups in total. The lowest BCUT2D eigenvalue weighted by Crippen LogP contribution is -2.39. The number of nitrogens with one attached hydrogen (secondary N) is 1. The zero-order valence-electron chi connectivity index (χ0n) is 8.59. The van der Waals surface area contributed by atoms with Gasteiger partial charge in [0.15, 0.2) is 0 Å². The smallest absolute Gasteiger partial charge is 0.261 e. The van der Waals surface area contributed by atoms with Gasteiger partial charge in [-0.2, -0.15) is 0 Å². The Balaban J connectivity index is 2.62. The molecule has 15 heavy (non-hydrogen) atoms. The Hall–Kier alpha value is 0.380. The molecule has 0 saturated heterocycles. The van der Waals surface area contributed by atoms with Gasteiger partial charge >= 0.3 is 0 Å². The van der Waals surface area contributed by atoms with E-state index in [-0.39, 0.29) is 11.9 Å². The lowest BCUT2D eigenvalue weighted by Gasteiger charge is -2.19. The molecule has 0 spiro atoms. The summed E-state index contributed by atoms with van der Waals surface area (Å²) in [4.78, 5) is 12.6. The van der Waals surface area contributed by atoms with Crippen LogP contribution in [0.15, 0.2) is 15.9 Å². The molecule has 1 aromatic heterocycles. The van der Waals surface area contributed by atoms with Crippen LogP contribution in [0.25, 0.3) is 0 Å².